The lowest BCUT2D eigenvalue weighted by molar-refractivity contribution is 0.0694. The molecule has 0 amide bonds. The molecule has 1 aromatic carbocycles. The molecule has 0 aliphatic carbocycles. The maximum atomic E-state index is 10.3. The highest BCUT2D eigenvalue weighted by molar-refractivity contribution is 6.65. The van der Waals surface area contributed by atoms with Gasteiger partial charge in [0.05, 0.1) is 0 Å². The molecule has 1 fully saturated rings. The van der Waals surface area contributed by atoms with E-state index >= 15 is 0 Å². The SMILES string of the molecule is B1NBNBN1.O=C(O)c1ccccc1O. The molecule has 0 bridgehead atoms. The van der Waals surface area contributed by atoms with Crippen molar-refractivity contribution in [3.8, 4) is 5.75 Å². The van der Waals surface area contributed by atoms with Gasteiger partial charge < -0.3 is 25.6 Å². The molecule has 2 rings (SSSR count). The van der Waals surface area contributed by atoms with Crippen molar-refractivity contribution in [2.75, 3.05) is 0 Å². The molecule has 6 nitrogen and oxygen atoms in total. The van der Waals surface area contributed by atoms with Crippen LogP contribution in [0.3, 0.4) is 0 Å². The van der Waals surface area contributed by atoms with Gasteiger partial charge in [-0.15, -0.1) is 0 Å². The number of hydrogen-bond acceptors (Lipinski definition) is 5. The standard InChI is InChI=1S/C7H6O3.B3H6N3/c8-6-4-2-1-3-5(6)7(9)10;1-4-2-6-3-5-1/h1-4,8H,(H,9,10);1-6H. The minimum absolute atomic E-state index is 0.0671. The normalized spacial score (nSPS) is 13.2. The number of aromatic carboxylic acids is 1. The Hall–Kier alpha value is -1.44. The largest absolute Gasteiger partial charge is 0.507 e. The summed E-state index contributed by atoms with van der Waals surface area (Å²) in [6.45, 7) is 0. The number of carboxylic acid groups (broad SMARTS) is 1. The monoisotopic (exact) mass is 219 g/mol. The van der Waals surface area contributed by atoms with Crippen molar-refractivity contribution in [1.82, 2.24) is 15.4 Å². The van der Waals surface area contributed by atoms with E-state index in [-0.39, 0.29) is 11.3 Å². The number of benzene rings is 1. The van der Waals surface area contributed by atoms with Gasteiger partial charge in [-0.2, -0.15) is 0 Å². The molecule has 5 N–H and O–H groups in total. The average Bonchev–Trinajstić information content (AvgIpc) is 2.32. The Morgan fingerprint density at radius 2 is 1.56 bits per heavy atom. The van der Waals surface area contributed by atoms with Gasteiger partial charge in [0.1, 0.15) is 11.3 Å². The summed E-state index contributed by atoms with van der Waals surface area (Å²) in [4.78, 5) is 10.3. The third-order valence-electron chi connectivity index (χ3n) is 1.88. The van der Waals surface area contributed by atoms with E-state index in [1.807, 2.05) is 0 Å². The summed E-state index contributed by atoms with van der Waals surface area (Å²) in [5.74, 6) is -1.31. The fourth-order valence-electron chi connectivity index (χ4n) is 1.11. The van der Waals surface area contributed by atoms with E-state index in [4.69, 9.17) is 10.2 Å². The van der Waals surface area contributed by atoms with Gasteiger partial charge in [0.2, 0.25) is 0 Å². The highest BCUT2D eigenvalue weighted by atomic mass is 16.4. The lowest BCUT2D eigenvalue weighted by Crippen LogP contribution is -2.55. The molecule has 0 spiro atoms. The van der Waals surface area contributed by atoms with Gasteiger partial charge in [0, 0.05) is 0 Å². The lowest BCUT2D eigenvalue weighted by atomic mass is 9.85. The van der Waals surface area contributed by atoms with Crippen molar-refractivity contribution < 1.29 is 15.0 Å². The molecule has 0 unspecified atom stereocenters. The van der Waals surface area contributed by atoms with Gasteiger partial charge >= 0.3 is 5.97 Å². The first-order chi connectivity index (χ1) is 7.72. The number of hydrogen-bond donors (Lipinski definition) is 5. The minimum atomic E-state index is -1.11. The van der Waals surface area contributed by atoms with E-state index in [0.717, 1.165) is 22.6 Å². The highest BCUT2D eigenvalue weighted by Gasteiger charge is 2.05. The smallest absolute Gasteiger partial charge is 0.339 e. The minimum Gasteiger partial charge on any atom is -0.507 e. The van der Waals surface area contributed by atoms with Crippen LogP contribution in [0.4, 0.5) is 0 Å². The lowest BCUT2D eigenvalue weighted by Gasteiger charge is -2.08. The Labute approximate surface area is 95.3 Å². The number of rotatable bonds is 1. The van der Waals surface area contributed by atoms with Gasteiger partial charge in [-0.3, -0.25) is 0 Å². The number of carboxylic acids is 1. The average molecular weight is 219 g/mol. The van der Waals surface area contributed by atoms with Crippen molar-refractivity contribution in [3.05, 3.63) is 29.8 Å². The van der Waals surface area contributed by atoms with Crippen molar-refractivity contribution in [2.45, 2.75) is 0 Å². The molecule has 0 radical (unpaired) electrons. The first-order valence-electron chi connectivity index (χ1n) is 4.85. The van der Waals surface area contributed by atoms with E-state index in [1.54, 1.807) is 12.1 Å². The second kappa shape index (κ2) is 6.94. The summed E-state index contributed by atoms with van der Waals surface area (Å²) in [5.41, 5.74) is -0.0671. The predicted octanol–water partition coefficient (Wildman–Crippen LogP) is -2.34. The number of phenols is 1. The van der Waals surface area contributed by atoms with Crippen LogP contribution < -0.4 is 15.4 Å². The maximum absolute atomic E-state index is 10.3. The Morgan fingerprint density at radius 1 is 1.06 bits per heavy atom. The Morgan fingerprint density at radius 3 is 1.88 bits per heavy atom. The molecule has 0 atom stereocenters. The Bertz CT molecular complexity index is 337. The maximum Gasteiger partial charge on any atom is 0.339 e. The Kier molecular flexibility index (Phi) is 5.48. The summed E-state index contributed by atoms with van der Waals surface area (Å²) in [6.07, 6.45) is 0. The Balaban J connectivity index is 0.000000181. The summed E-state index contributed by atoms with van der Waals surface area (Å²) in [6, 6.07) is 5.81. The fraction of sp³-hybridized carbons (Fsp3) is 0. The molecule has 9 heteroatoms. The molecular weight excluding hydrogens is 207 g/mol. The van der Waals surface area contributed by atoms with Crippen molar-refractivity contribution >= 4 is 28.6 Å². The van der Waals surface area contributed by atoms with Crippen LogP contribution in [0.25, 0.3) is 0 Å². The summed E-state index contributed by atoms with van der Waals surface area (Å²) in [5, 5.41) is 26.5. The van der Waals surface area contributed by atoms with Crippen LogP contribution >= 0.6 is 0 Å². The van der Waals surface area contributed by atoms with Crippen LogP contribution in [-0.4, -0.2) is 38.8 Å². The zero-order valence-corrected chi connectivity index (χ0v) is 8.73. The molecule has 1 aliphatic rings. The molecule has 1 heterocycles. The van der Waals surface area contributed by atoms with Crippen LogP contribution in [0.5, 0.6) is 5.75 Å². The van der Waals surface area contributed by atoms with E-state index in [2.05, 4.69) is 15.4 Å². The van der Waals surface area contributed by atoms with Crippen LogP contribution in [-0.2, 0) is 0 Å². The topological polar surface area (TPSA) is 93.6 Å². The van der Waals surface area contributed by atoms with Crippen LogP contribution in [0, 0.1) is 0 Å². The number of carbonyl (C=O) groups is 1. The molecular formula is C7H12B3N3O3. The highest BCUT2D eigenvalue weighted by Crippen LogP contribution is 2.14. The zero-order chi connectivity index (χ0) is 11.8. The van der Waals surface area contributed by atoms with E-state index < -0.39 is 5.97 Å². The molecule has 0 aromatic heterocycles. The van der Waals surface area contributed by atoms with Crippen molar-refractivity contribution in [2.24, 2.45) is 0 Å². The van der Waals surface area contributed by atoms with Gasteiger partial charge in [0.25, 0.3) is 22.6 Å². The molecule has 0 saturated carbocycles. The summed E-state index contributed by atoms with van der Waals surface area (Å²) in [7, 11) is 2.81. The quantitative estimate of drug-likeness (QED) is 0.339. The third kappa shape index (κ3) is 4.39. The second-order valence-electron chi connectivity index (χ2n) is 3.10. The summed E-state index contributed by atoms with van der Waals surface area (Å²) >= 11 is 0. The van der Waals surface area contributed by atoms with E-state index in [9.17, 15) is 4.79 Å². The second-order valence-corrected chi connectivity index (χ2v) is 3.10. The zero-order valence-electron chi connectivity index (χ0n) is 8.73. The molecule has 1 saturated heterocycles. The van der Waals surface area contributed by atoms with Crippen LogP contribution in [0.15, 0.2) is 24.3 Å². The predicted molar refractivity (Wildman–Crippen MR) is 65.9 cm³/mol. The number of para-hydroxylation sites is 1. The van der Waals surface area contributed by atoms with Crippen molar-refractivity contribution in [1.29, 1.82) is 0 Å². The molecule has 1 aliphatic heterocycles. The number of nitrogens with one attached hydrogen (secondary N) is 3. The van der Waals surface area contributed by atoms with E-state index in [1.165, 1.54) is 12.1 Å². The molecule has 1 aromatic rings. The first-order valence-corrected chi connectivity index (χ1v) is 4.85. The fourth-order valence-corrected chi connectivity index (χ4v) is 1.11. The van der Waals surface area contributed by atoms with E-state index in [0.29, 0.717) is 0 Å². The van der Waals surface area contributed by atoms with Gasteiger partial charge in [-0.25, -0.2) is 4.79 Å². The van der Waals surface area contributed by atoms with Gasteiger partial charge in [-0.1, -0.05) is 12.1 Å². The third-order valence-corrected chi connectivity index (χ3v) is 1.88. The number of aromatic hydroxyl groups is 1. The van der Waals surface area contributed by atoms with Crippen molar-refractivity contribution in [3.63, 3.8) is 0 Å². The van der Waals surface area contributed by atoms with Gasteiger partial charge in [0.15, 0.2) is 0 Å². The molecule has 82 valence electrons. The van der Waals surface area contributed by atoms with Crippen LogP contribution in [0.1, 0.15) is 10.4 Å². The molecule has 16 heavy (non-hydrogen) atoms. The van der Waals surface area contributed by atoms with Gasteiger partial charge in [-0.05, 0) is 12.1 Å². The van der Waals surface area contributed by atoms with Crippen LogP contribution in [0.2, 0.25) is 0 Å². The first kappa shape index (κ1) is 12.6. The summed E-state index contributed by atoms with van der Waals surface area (Å²) < 4.78 is 0.